The summed E-state index contributed by atoms with van der Waals surface area (Å²) in [5.74, 6) is -0.175. The number of aromatic nitrogens is 1. The van der Waals surface area contributed by atoms with E-state index in [1.165, 1.54) is 29.5 Å². The lowest BCUT2D eigenvalue weighted by molar-refractivity contribution is -0.384. The van der Waals surface area contributed by atoms with Crippen LogP contribution in [0, 0.1) is 10.1 Å². The van der Waals surface area contributed by atoms with Crippen LogP contribution in [0.25, 0.3) is 16.3 Å². The highest BCUT2D eigenvalue weighted by Crippen LogP contribution is 2.29. The van der Waals surface area contributed by atoms with Gasteiger partial charge in [0.05, 0.1) is 28.4 Å². The van der Waals surface area contributed by atoms with Gasteiger partial charge in [-0.05, 0) is 35.9 Å². The molecular weight excluding hydrogens is 416 g/mol. The number of hydrogen-bond acceptors (Lipinski definition) is 7. The number of para-hydroxylation sites is 1. The van der Waals surface area contributed by atoms with Crippen LogP contribution in [0.15, 0.2) is 54.6 Å². The molecule has 8 nitrogen and oxygen atoms in total. The summed E-state index contributed by atoms with van der Waals surface area (Å²) in [5.41, 5.74) is 1.60. The largest absolute Gasteiger partial charge is 0.379 e. The smallest absolute Gasteiger partial charge is 0.269 e. The van der Waals surface area contributed by atoms with Crippen molar-refractivity contribution in [1.29, 1.82) is 0 Å². The Morgan fingerprint density at radius 2 is 1.94 bits per heavy atom. The number of nitrogens with zero attached hydrogens (tertiary/aromatic N) is 4. The van der Waals surface area contributed by atoms with Crippen LogP contribution in [0.1, 0.15) is 5.56 Å². The van der Waals surface area contributed by atoms with Gasteiger partial charge in [0.2, 0.25) is 0 Å². The molecule has 0 bridgehead atoms. The zero-order chi connectivity index (χ0) is 21.6. The molecule has 1 fully saturated rings. The number of nitro groups is 1. The topological polar surface area (TPSA) is 88.8 Å². The van der Waals surface area contributed by atoms with Crippen molar-refractivity contribution in [3.8, 4) is 0 Å². The van der Waals surface area contributed by atoms with Gasteiger partial charge in [-0.3, -0.25) is 24.7 Å². The molecule has 1 aromatic heterocycles. The van der Waals surface area contributed by atoms with E-state index in [9.17, 15) is 14.9 Å². The average Bonchev–Trinajstić information content (AvgIpc) is 3.22. The minimum Gasteiger partial charge on any atom is -0.379 e. The molecule has 0 unspecified atom stereocenters. The Labute approximate surface area is 183 Å². The van der Waals surface area contributed by atoms with E-state index in [4.69, 9.17) is 4.74 Å². The van der Waals surface area contributed by atoms with Crippen molar-refractivity contribution >= 4 is 44.4 Å². The number of carbonyl (C=O) groups excluding carboxylic acids is 1. The standard InChI is InChI=1S/C22H22N4O4S/c27-21(10-7-17-5-8-18(9-6-17)26(28)29)25(12-11-24-13-15-30-16-14-24)22-23-19-3-1-2-4-20(19)31-22/h1-10H,11-16H2. The van der Waals surface area contributed by atoms with Gasteiger partial charge in [-0.25, -0.2) is 4.98 Å². The van der Waals surface area contributed by atoms with Gasteiger partial charge < -0.3 is 4.74 Å². The average molecular weight is 439 g/mol. The Balaban J connectivity index is 1.53. The highest BCUT2D eigenvalue weighted by molar-refractivity contribution is 7.22. The van der Waals surface area contributed by atoms with Crippen LogP contribution in [0.2, 0.25) is 0 Å². The fourth-order valence-corrected chi connectivity index (χ4v) is 4.30. The third-order valence-electron chi connectivity index (χ3n) is 5.05. The molecule has 0 atom stereocenters. The molecule has 1 amide bonds. The number of benzene rings is 2. The molecule has 2 heterocycles. The highest BCUT2D eigenvalue weighted by atomic mass is 32.1. The third kappa shape index (κ3) is 5.32. The van der Waals surface area contributed by atoms with Gasteiger partial charge in [-0.15, -0.1) is 0 Å². The van der Waals surface area contributed by atoms with Crippen LogP contribution < -0.4 is 4.90 Å². The lowest BCUT2D eigenvalue weighted by Crippen LogP contribution is -2.42. The molecule has 9 heteroatoms. The molecule has 1 aliphatic heterocycles. The van der Waals surface area contributed by atoms with E-state index in [-0.39, 0.29) is 11.6 Å². The van der Waals surface area contributed by atoms with E-state index in [1.807, 2.05) is 24.3 Å². The summed E-state index contributed by atoms with van der Waals surface area (Å²) in [5, 5.41) is 11.5. The molecule has 0 saturated carbocycles. The number of non-ortho nitro benzene ring substituents is 1. The first-order valence-corrected chi connectivity index (χ1v) is 10.8. The number of carbonyl (C=O) groups is 1. The molecule has 0 spiro atoms. The Kier molecular flexibility index (Phi) is 6.66. The monoisotopic (exact) mass is 438 g/mol. The molecule has 4 rings (SSSR count). The number of fused-ring (bicyclic) bond motifs is 1. The summed E-state index contributed by atoms with van der Waals surface area (Å²) in [4.78, 5) is 32.1. The van der Waals surface area contributed by atoms with Gasteiger partial charge in [0.15, 0.2) is 5.13 Å². The third-order valence-corrected chi connectivity index (χ3v) is 6.10. The van der Waals surface area contributed by atoms with Gasteiger partial charge in [0.25, 0.3) is 11.6 Å². The van der Waals surface area contributed by atoms with Gasteiger partial charge >= 0.3 is 0 Å². The van der Waals surface area contributed by atoms with Crippen LogP contribution >= 0.6 is 11.3 Å². The lowest BCUT2D eigenvalue weighted by Gasteiger charge is -2.28. The summed E-state index contributed by atoms with van der Waals surface area (Å²) in [6.45, 7) is 4.35. The first-order chi connectivity index (χ1) is 15.1. The van der Waals surface area contributed by atoms with Crippen LogP contribution in [-0.2, 0) is 9.53 Å². The van der Waals surface area contributed by atoms with Crippen molar-refractivity contribution in [2.75, 3.05) is 44.3 Å². The highest BCUT2D eigenvalue weighted by Gasteiger charge is 2.20. The first-order valence-electron chi connectivity index (χ1n) is 10.00. The number of hydrogen-bond donors (Lipinski definition) is 0. The zero-order valence-corrected chi connectivity index (χ0v) is 17.7. The Morgan fingerprint density at radius 3 is 2.65 bits per heavy atom. The van der Waals surface area contributed by atoms with Crippen molar-refractivity contribution in [1.82, 2.24) is 9.88 Å². The van der Waals surface area contributed by atoms with Gasteiger partial charge in [0, 0.05) is 44.4 Å². The minimum absolute atomic E-state index is 0.0186. The molecule has 0 aliphatic carbocycles. The fourth-order valence-electron chi connectivity index (χ4n) is 3.31. The molecule has 0 radical (unpaired) electrons. The SMILES string of the molecule is O=C(C=Cc1ccc([N+](=O)[O-])cc1)N(CCN1CCOCC1)c1nc2ccccc2s1. The molecule has 2 aromatic carbocycles. The zero-order valence-electron chi connectivity index (χ0n) is 16.8. The summed E-state index contributed by atoms with van der Waals surface area (Å²) in [7, 11) is 0. The molecule has 3 aromatic rings. The van der Waals surface area contributed by atoms with Gasteiger partial charge in [0.1, 0.15) is 0 Å². The van der Waals surface area contributed by atoms with E-state index >= 15 is 0 Å². The summed E-state index contributed by atoms with van der Waals surface area (Å²) >= 11 is 1.49. The van der Waals surface area contributed by atoms with Crippen molar-refractivity contribution in [2.45, 2.75) is 0 Å². The molecule has 1 aliphatic rings. The van der Waals surface area contributed by atoms with Crippen molar-refractivity contribution < 1.29 is 14.5 Å². The normalized spacial score (nSPS) is 14.8. The maximum atomic E-state index is 13.1. The maximum Gasteiger partial charge on any atom is 0.269 e. The lowest BCUT2D eigenvalue weighted by atomic mass is 10.2. The second-order valence-corrected chi connectivity index (χ2v) is 8.10. The molecular formula is C22H22N4O4S. The van der Waals surface area contributed by atoms with E-state index in [2.05, 4.69) is 9.88 Å². The number of thiazole rings is 1. The second kappa shape index (κ2) is 9.78. The molecule has 160 valence electrons. The van der Waals surface area contributed by atoms with Gasteiger partial charge in [-0.2, -0.15) is 0 Å². The summed E-state index contributed by atoms with van der Waals surface area (Å²) < 4.78 is 6.43. The number of amides is 1. The first kappa shape index (κ1) is 21.1. The summed E-state index contributed by atoms with van der Waals surface area (Å²) in [6, 6.07) is 13.9. The van der Waals surface area contributed by atoms with E-state index in [0.29, 0.717) is 24.9 Å². The number of rotatable bonds is 7. The van der Waals surface area contributed by atoms with Crippen LogP contribution in [0.5, 0.6) is 0 Å². The molecule has 1 saturated heterocycles. The number of morpholine rings is 1. The molecule has 31 heavy (non-hydrogen) atoms. The van der Waals surface area contributed by atoms with E-state index < -0.39 is 4.92 Å². The van der Waals surface area contributed by atoms with Crippen molar-refractivity contribution in [2.24, 2.45) is 0 Å². The molecule has 0 N–H and O–H groups in total. The number of ether oxygens (including phenoxy) is 1. The van der Waals surface area contributed by atoms with E-state index in [1.54, 1.807) is 23.1 Å². The van der Waals surface area contributed by atoms with Crippen LogP contribution in [0.4, 0.5) is 10.8 Å². The number of anilines is 1. The Bertz CT molecular complexity index is 1060. The number of nitro benzene ring substituents is 1. The minimum atomic E-state index is -0.445. The van der Waals surface area contributed by atoms with Gasteiger partial charge in [-0.1, -0.05) is 23.5 Å². The van der Waals surface area contributed by atoms with Crippen LogP contribution in [-0.4, -0.2) is 60.1 Å². The van der Waals surface area contributed by atoms with Crippen LogP contribution in [0.3, 0.4) is 0 Å². The summed E-state index contributed by atoms with van der Waals surface area (Å²) in [6.07, 6.45) is 3.16. The predicted molar refractivity (Wildman–Crippen MR) is 121 cm³/mol. The Hall–Kier alpha value is -3.14. The fraction of sp³-hybridized carbons (Fsp3) is 0.273. The van der Waals surface area contributed by atoms with E-state index in [0.717, 1.165) is 35.4 Å². The van der Waals surface area contributed by atoms with Crippen molar-refractivity contribution in [3.63, 3.8) is 0 Å². The predicted octanol–water partition coefficient (Wildman–Crippen LogP) is 3.58. The Morgan fingerprint density at radius 1 is 1.19 bits per heavy atom. The van der Waals surface area contributed by atoms with Crippen molar-refractivity contribution in [3.05, 3.63) is 70.3 Å². The second-order valence-electron chi connectivity index (χ2n) is 7.09. The quantitative estimate of drug-likeness (QED) is 0.318. The maximum absolute atomic E-state index is 13.1.